The fraction of sp³-hybridized carbons (Fsp3) is 0.304. The Morgan fingerprint density at radius 2 is 1.81 bits per heavy atom. The summed E-state index contributed by atoms with van der Waals surface area (Å²) in [5.41, 5.74) is 4.67. The third kappa shape index (κ3) is 4.72. The molecule has 0 fully saturated rings. The van der Waals surface area contributed by atoms with E-state index in [1.807, 2.05) is 44.4 Å². The molecule has 1 N–H and O–H groups in total. The number of carbonyl (C=O) groups excluding carboxylic acids is 1. The number of nitrogens with one attached hydrogen (secondary N) is 1. The summed E-state index contributed by atoms with van der Waals surface area (Å²) in [6.45, 7) is 3.75. The molecule has 2 aromatic carbocycles. The highest BCUT2D eigenvalue weighted by molar-refractivity contribution is 6.07. The van der Waals surface area contributed by atoms with Crippen LogP contribution >= 0.6 is 0 Å². The molecule has 0 saturated carbocycles. The fourth-order valence-corrected chi connectivity index (χ4v) is 3.11. The van der Waals surface area contributed by atoms with Gasteiger partial charge in [0.1, 0.15) is 0 Å². The van der Waals surface area contributed by atoms with Crippen LogP contribution in [0.5, 0.6) is 0 Å². The zero-order chi connectivity index (χ0) is 19.2. The summed E-state index contributed by atoms with van der Waals surface area (Å²) in [7, 11) is 4.07. The van der Waals surface area contributed by atoms with Crippen molar-refractivity contribution in [1.29, 1.82) is 0 Å². The van der Waals surface area contributed by atoms with E-state index in [1.165, 1.54) is 5.56 Å². The number of pyridine rings is 1. The van der Waals surface area contributed by atoms with Crippen LogP contribution in [0.4, 0.5) is 0 Å². The number of hydrogen-bond acceptors (Lipinski definition) is 3. The topological polar surface area (TPSA) is 45.2 Å². The van der Waals surface area contributed by atoms with Crippen molar-refractivity contribution < 1.29 is 4.79 Å². The normalized spacial score (nSPS) is 11.1. The lowest BCUT2D eigenvalue weighted by molar-refractivity contribution is 0.0954. The monoisotopic (exact) mass is 361 g/mol. The van der Waals surface area contributed by atoms with Gasteiger partial charge in [0.2, 0.25) is 0 Å². The summed E-state index contributed by atoms with van der Waals surface area (Å²) in [5.74, 6) is -0.0428. The van der Waals surface area contributed by atoms with Gasteiger partial charge in [-0.3, -0.25) is 4.79 Å². The standard InChI is InChI=1S/C23H27N3O/c1-4-17-10-12-18(13-11-17)22-16-20(19-8-5-6-9-21(19)25-22)23(27)24-14-7-15-26(2)3/h5-6,8-13,16H,4,7,14-15H2,1-3H3,(H,24,27). The molecule has 0 unspecified atom stereocenters. The zero-order valence-corrected chi connectivity index (χ0v) is 16.3. The molecule has 4 nitrogen and oxygen atoms in total. The van der Waals surface area contributed by atoms with Gasteiger partial charge in [-0.1, -0.05) is 49.4 Å². The van der Waals surface area contributed by atoms with E-state index >= 15 is 0 Å². The molecule has 0 aliphatic heterocycles. The molecular weight excluding hydrogens is 334 g/mol. The minimum atomic E-state index is -0.0428. The molecule has 0 aliphatic rings. The Labute approximate surface area is 161 Å². The Hall–Kier alpha value is -2.72. The number of rotatable bonds is 7. The van der Waals surface area contributed by atoms with Gasteiger partial charge >= 0.3 is 0 Å². The van der Waals surface area contributed by atoms with Gasteiger partial charge in [-0.05, 0) is 51.2 Å². The van der Waals surface area contributed by atoms with Crippen LogP contribution in [0.25, 0.3) is 22.2 Å². The van der Waals surface area contributed by atoms with Crippen molar-refractivity contribution in [2.24, 2.45) is 0 Å². The predicted octanol–water partition coefficient (Wildman–Crippen LogP) is 4.15. The van der Waals surface area contributed by atoms with Gasteiger partial charge in [0.05, 0.1) is 16.8 Å². The number of aryl methyl sites for hydroxylation is 1. The quantitative estimate of drug-likeness (QED) is 0.643. The largest absolute Gasteiger partial charge is 0.352 e. The molecule has 0 bridgehead atoms. The first-order valence-electron chi connectivity index (χ1n) is 9.50. The van der Waals surface area contributed by atoms with Crippen LogP contribution in [-0.2, 0) is 6.42 Å². The van der Waals surface area contributed by atoms with Crippen LogP contribution in [0.2, 0.25) is 0 Å². The van der Waals surface area contributed by atoms with Gasteiger partial charge in [-0.15, -0.1) is 0 Å². The average Bonchev–Trinajstić information content (AvgIpc) is 2.70. The van der Waals surface area contributed by atoms with Gasteiger partial charge in [-0.2, -0.15) is 0 Å². The first kappa shape index (κ1) is 19.1. The number of para-hydroxylation sites is 1. The smallest absolute Gasteiger partial charge is 0.252 e. The van der Waals surface area contributed by atoms with Crippen molar-refractivity contribution in [2.45, 2.75) is 19.8 Å². The van der Waals surface area contributed by atoms with E-state index < -0.39 is 0 Å². The molecule has 140 valence electrons. The Morgan fingerprint density at radius 3 is 2.52 bits per heavy atom. The molecular formula is C23H27N3O. The number of hydrogen-bond donors (Lipinski definition) is 1. The minimum Gasteiger partial charge on any atom is -0.352 e. The molecule has 27 heavy (non-hydrogen) atoms. The molecule has 0 aliphatic carbocycles. The SMILES string of the molecule is CCc1ccc(-c2cc(C(=O)NCCCN(C)C)c3ccccc3n2)cc1. The number of aromatic nitrogens is 1. The van der Waals surface area contributed by atoms with Gasteiger partial charge in [0.25, 0.3) is 5.91 Å². The zero-order valence-electron chi connectivity index (χ0n) is 16.3. The highest BCUT2D eigenvalue weighted by Crippen LogP contribution is 2.25. The van der Waals surface area contributed by atoms with Crippen molar-refractivity contribution >= 4 is 16.8 Å². The van der Waals surface area contributed by atoms with Gasteiger partial charge < -0.3 is 10.2 Å². The molecule has 0 atom stereocenters. The second-order valence-electron chi connectivity index (χ2n) is 7.04. The maximum Gasteiger partial charge on any atom is 0.252 e. The number of nitrogens with zero attached hydrogens (tertiary/aromatic N) is 2. The van der Waals surface area contributed by atoms with Crippen molar-refractivity contribution in [3.05, 3.63) is 65.7 Å². The van der Waals surface area contributed by atoms with E-state index in [0.717, 1.165) is 41.5 Å². The molecule has 0 saturated heterocycles. The van der Waals surface area contributed by atoms with Crippen LogP contribution in [0.1, 0.15) is 29.3 Å². The van der Waals surface area contributed by atoms with E-state index in [0.29, 0.717) is 12.1 Å². The van der Waals surface area contributed by atoms with Gasteiger partial charge in [0.15, 0.2) is 0 Å². The van der Waals surface area contributed by atoms with Gasteiger partial charge in [0, 0.05) is 17.5 Å². The number of fused-ring (bicyclic) bond motifs is 1. The van der Waals surface area contributed by atoms with Crippen LogP contribution in [0.15, 0.2) is 54.6 Å². The van der Waals surface area contributed by atoms with E-state index in [9.17, 15) is 4.79 Å². The molecule has 0 spiro atoms. The van der Waals surface area contributed by atoms with Crippen molar-refractivity contribution in [3.63, 3.8) is 0 Å². The Morgan fingerprint density at radius 1 is 1.07 bits per heavy atom. The van der Waals surface area contributed by atoms with Crippen LogP contribution < -0.4 is 5.32 Å². The number of amides is 1. The Balaban J connectivity index is 1.91. The molecule has 0 radical (unpaired) electrons. The lowest BCUT2D eigenvalue weighted by atomic mass is 10.0. The predicted molar refractivity (Wildman–Crippen MR) is 112 cm³/mol. The molecule has 1 amide bonds. The van der Waals surface area contributed by atoms with Crippen LogP contribution in [0, 0.1) is 0 Å². The average molecular weight is 361 g/mol. The third-order valence-electron chi connectivity index (χ3n) is 4.69. The second kappa shape index (κ2) is 8.78. The molecule has 3 rings (SSSR count). The van der Waals surface area contributed by atoms with E-state index in [4.69, 9.17) is 4.98 Å². The van der Waals surface area contributed by atoms with Gasteiger partial charge in [-0.25, -0.2) is 4.98 Å². The summed E-state index contributed by atoms with van der Waals surface area (Å²) in [5, 5.41) is 3.94. The third-order valence-corrected chi connectivity index (χ3v) is 4.69. The lowest BCUT2D eigenvalue weighted by Gasteiger charge is -2.12. The van der Waals surface area contributed by atoms with Crippen molar-refractivity contribution in [2.75, 3.05) is 27.2 Å². The minimum absolute atomic E-state index is 0.0428. The Bertz CT molecular complexity index is 917. The first-order chi connectivity index (χ1) is 13.1. The highest BCUT2D eigenvalue weighted by Gasteiger charge is 2.13. The first-order valence-corrected chi connectivity index (χ1v) is 9.50. The molecule has 3 aromatic rings. The maximum atomic E-state index is 12.8. The second-order valence-corrected chi connectivity index (χ2v) is 7.04. The van der Waals surface area contributed by atoms with Crippen LogP contribution in [0.3, 0.4) is 0 Å². The molecule has 4 heteroatoms. The summed E-state index contributed by atoms with van der Waals surface area (Å²) in [6, 6.07) is 18.1. The van der Waals surface area contributed by atoms with E-state index in [1.54, 1.807) is 0 Å². The Kier molecular flexibility index (Phi) is 6.20. The number of carbonyl (C=O) groups is 1. The summed E-state index contributed by atoms with van der Waals surface area (Å²) in [4.78, 5) is 19.7. The summed E-state index contributed by atoms with van der Waals surface area (Å²) < 4.78 is 0. The summed E-state index contributed by atoms with van der Waals surface area (Å²) >= 11 is 0. The van der Waals surface area contributed by atoms with E-state index in [-0.39, 0.29) is 5.91 Å². The maximum absolute atomic E-state index is 12.8. The van der Waals surface area contributed by atoms with Crippen molar-refractivity contribution in [1.82, 2.24) is 15.2 Å². The van der Waals surface area contributed by atoms with Crippen molar-refractivity contribution in [3.8, 4) is 11.3 Å². The highest BCUT2D eigenvalue weighted by atomic mass is 16.1. The number of benzene rings is 2. The molecule has 1 aromatic heterocycles. The summed E-state index contributed by atoms with van der Waals surface area (Å²) in [6.07, 6.45) is 1.93. The fourth-order valence-electron chi connectivity index (χ4n) is 3.11. The van der Waals surface area contributed by atoms with E-state index in [2.05, 4.69) is 41.4 Å². The molecule has 1 heterocycles. The lowest BCUT2D eigenvalue weighted by Crippen LogP contribution is -2.27. The van der Waals surface area contributed by atoms with Crippen LogP contribution in [-0.4, -0.2) is 43.0 Å².